The van der Waals surface area contributed by atoms with Crippen molar-refractivity contribution in [1.29, 1.82) is 0 Å². The molecule has 2 N–H and O–H groups in total. The van der Waals surface area contributed by atoms with Crippen LogP contribution in [-0.2, 0) is 0 Å². The van der Waals surface area contributed by atoms with Crippen LogP contribution in [0.3, 0.4) is 0 Å². The van der Waals surface area contributed by atoms with Crippen LogP contribution in [0, 0.1) is 11.3 Å². The largest absolute Gasteiger partial charge is 0.395 e. The summed E-state index contributed by atoms with van der Waals surface area (Å²) in [7, 11) is 0. The van der Waals surface area contributed by atoms with Gasteiger partial charge in [-0.3, -0.25) is 4.90 Å². The Morgan fingerprint density at radius 3 is 2.38 bits per heavy atom. The molecule has 1 fully saturated rings. The number of aliphatic hydroxyl groups is 1. The number of hydrogen-bond donors (Lipinski definition) is 2. The lowest BCUT2D eigenvalue weighted by atomic mass is 9.73. The third kappa shape index (κ3) is 7.52. The van der Waals surface area contributed by atoms with Crippen molar-refractivity contribution >= 4 is 0 Å². The van der Waals surface area contributed by atoms with Gasteiger partial charge < -0.3 is 10.4 Å². The molecule has 0 unspecified atom stereocenters. The van der Waals surface area contributed by atoms with Gasteiger partial charge in [-0.25, -0.2) is 8.78 Å². The first-order chi connectivity index (χ1) is 9.97. The van der Waals surface area contributed by atoms with E-state index in [-0.39, 0.29) is 18.6 Å². The summed E-state index contributed by atoms with van der Waals surface area (Å²) in [6, 6.07) is 0. The molecule has 1 aliphatic rings. The van der Waals surface area contributed by atoms with Crippen molar-refractivity contribution in [2.24, 2.45) is 11.3 Å². The molecule has 3 nitrogen and oxygen atoms in total. The van der Waals surface area contributed by atoms with Gasteiger partial charge in [-0.1, -0.05) is 33.1 Å². The van der Waals surface area contributed by atoms with E-state index in [0.717, 1.165) is 25.9 Å². The number of nitrogens with zero attached hydrogens (tertiary/aromatic N) is 1. The SMILES string of the molecule is CC(C)CNCC1(CN(CCO)CC(F)F)CCCCC1. The molecule has 0 aliphatic heterocycles. The number of hydrogen-bond acceptors (Lipinski definition) is 3. The molecule has 1 aliphatic carbocycles. The van der Waals surface area contributed by atoms with Gasteiger partial charge in [0.15, 0.2) is 0 Å². The standard InChI is InChI=1S/C16H32F2N2O/c1-14(2)10-19-12-16(6-4-3-5-7-16)13-20(8-9-21)11-15(17)18/h14-15,19,21H,3-13H2,1-2H3. The zero-order valence-electron chi connectivity index (χ0n) is 13.6. The van der Waals surface area contributed by atoms with Crippen LogP contribution in [0.25, 0.3) is 0 Å². The van der Waals surface area contributed by atoms with Gasteiger partial charge in [0.25, 0.3) is 6.43 Å². The average molecular weight is 306 g/mol. The highest BCUT2D eigenvalue weighted by atomic mass is 19.3. The molecule has 0 aromatic rings. The van der Waals surface area contributed by atoms with Crippen molar-refractivity contribution in [2.75, 3.05) is 39.3 Å². The van der Waals surface area contributed by atoms with Crippen LogP contribution in [0.15, 0.2) is 0 Å². The van der Waals surface area contributed by atoms with Crippen molar-refractivity contribution in [3.63, 3.8) is 0 Å². The van der Waals surface area contributed by atoms with E-state index < -0.39 is 6.43 Å². The Kier molecular flexibility index (Phi) is 8.67. The second-order valence-corrected chi connectivity index (χ2v) is 6.94. The van der Waals surface area contributed by atoms with Crippen molar-refractivity contribution < 1.29 is 13.9 Å². The Morgan fingerprint density at radius 2 is 1.86 bits per heavy atom. The predicted octanol–water partition coefficient (Wildman–Crippen LogP) is 2.74. The molecular formula is C16H32F2N2O. The quantitative estimate of drug-likeness (QED) is 0.651. The van der Waals surface area contributed by atoms with Crippen LogP contribution in [0.1, 0.15) is 46.0 Å². The van der Waals surface area contributed by atoms with Crippen molar-refractivity contribution in [3.05, 3.63) is 0 Å². The Labute approximate surface area is 128 Å². The van der Waals surface area contributed by atoms with Crippen LogP contribution in [0.2, 0.25) is 0 Å². The Hall–Kier alpha value is -0.260. The number of rotatable bonds is 10. The monoisotopic (exact) mass is 306 g/mol. The van der Waals surface area contributed by atoms with Crippen LogP contribution >= 0.6 is 0 Å². The fourth-order valence-electron chi connectivity index (χ4n) is 3.36. The number of aliphatic hydroxyl groups excluding tert-OH is 1. The summed E-state index contributed by atoms with van der Waals surface area (Å²) in [5.74, 6) is 0.597. The predicted molar refractivity (Wildman–Crippen MR) is 82.8 cm³/mol. The molecule has 126 valence electrons. The van der Waals surface area contributed by atoms with Gasteiger partial charge in [-0.2, -0.15) is 0 Å². The third-order valence-electron chi connectivity index (χ3n) is 4.34. The van der Waals surface area contributed by atoms with E-state index in [1.165, 1.54) is 19.3 Å². The minimum Gasteiger partial charge on any atom is -0.395 e. The first-order valence-corrected chi connectivity index (χ1v) is 8.29. The summed E-state index contributed by atoms with van der Waals surface area (Å²) in [5, 5.41) is 12.6. The summed E-state index contributed by atoms with van der Waals surface area (Å²) in [6.07, 6.45) is 3.49. The molecule has 0 spiro atoms. The molecule has 5 heteroatoms. The lowest BCUT2D eigenvalue weighted by molar-refractivity contribution is 0.0373. The van der Waals surface area contributed by atoms with Gasteiger partial charge in [0.05, 0.1) is 13.2 Å². The molecule has 0 aromatic heterocycles. The second-order valence-electron chi connectivity index (χ2n) is 6.94. The van der Waals surface area contributed by atoms with E-state index in [1.807, 2.05) is 0 Å². The zero-order valence-corrected chi connectivity index (χ0v) is 13.6. The molecular weight excluding hydrogens is 274 g/mol. The van der Waals surface area contributed by atoms with Gasteiger partial charge >= 0.3 is 0 Å². The van der Waals surface area contributed by atoms with Crippen molar-refractivity contribution in [2.45, 2.75) is 52.4 Å². The molecule has 1 saturated carbocycles. The van der Waals surface area contributed by atoms with Crippen molar-refractivity contribution in [1.82, 2.24) is 10.2 Å². The van der Waals surface area contributed by atoms with Gasteiger partial charge in [-0.05, 0) is 30.7 Å². The minimum atomic E-state index is -2.33. The zero-order chi connectivity index (χ0) is 15.7. The highest BCUT2D eigenvalue weighted by molar-refractivity contribution is 4.88. The summed E-state index contributed by atoms with van der Waals surface area (Å²) in [4.78, 5) is 1.74. The lowest BCUT2D eigenvalue weighted by Crippen LogP contribution is -2.47. The highest BCUT2D eigenvalue weighted by Gasteiger charge is 2.34. The van der Waals surface area contributed by atoms with Crippen molar-refractivity contribution in [3.8, 4) is 0 Å². The fourth-order valence-corrected chi connectivity index (χ4v) is 3.36. The summed E-state index contributed by atoms with van der Waals surface area (Å²) in [5.41, 5.74) is 0.0944. The molecule has 0 saturated heterocycles. The van der Waals surface area contributed by atoms with Crippen LogP contribution in [0.4, 0.5) is 8.78 Å². The normalized spacial score (nSPS) is 18.9. The maximum atomic E-state index is 12.7. The molecule has 0 heterocycles. The van der Waals surface area contributed by atoms with E-state index in [9.17, 15) is 8.78 Å². The molecule has 0 bridgehead atoms. The number of alkyl halides is 2. The lowest BCUT2D eigenvalue weighted by Gasteiger charge is -2.41. The average Bonchev–Trinajstić information content (AvgIpc) is 2.38. The minimum absolute atomic E-state index is 0.0534. The van der Waals surface area contributed by atoms with Crippen LogP contribution < -0.4 is 5.32 Å². The first kappa shape index (κ1) is 18.8. The second kappa shape index (κ2) is 9.70. The summed E-state index contributed by atoms with van der Waals surface area (Å²) in [6.45, 7) is 6.95. The molecule has 0 atom stereocenters. The Morgan fingerprint density at radius 1 is 1.19 bits per heavy atom. The van der Waals surface area contributed by atoms with Gasteiger partial charge in [-0.15, -0.1) is 0 Å². The number of halogens is 2. The van der Waals surface area contributed by atoms with E-state index in [4.69, 9.17) is 5.11 Å². The maximum absolute atomic E-state index is 12.7. The summed E-state index contributed by atoms with van der Waals surface area (Å²) < 4.78 is 25.4. The number of nitrogens with one attached hydrogen (secondary N) is 1. The Bertz CT molecular complexity index is 269. The van der Waals surface area contributed by atoms with E-state index in [2.05, 4.69) is 19.2 Å². The smallest absolute Gasteiger partial charge is 0.251 e. The van der Waals surface area contributed by atoms with Crippen LogP contribution in [0.5, 0.6) is 0 Å². The molecule has 0 radical (unpaired) electrons. The van der Waals surface area contributed by atoms with Gasteiger partial charge in [0.2, 0.25) is 0 Å². The fraction of sp³-hybridized carbons (Fsp3) is 1.00. The van der Waals surface area contributed by atoms with E-state index in [1.54, 1.807) is 4.90 Å². The molecule has 1 rings (SSSR count). The van der Waals surface area contributed by atoms with Gasteiger partial charge in [0.1, 0.15) is 0 Å². The Balaban J connectivity index is 2.61. The van der Waals surface area contributed by atoms with E-state index in [0.29, 0.717) is 19.0 Å². The molecule has 21 heavy (non-hydrogen) atoms. The van der Waals surface area contributed by atoms with Crippen LogP contribution in [-0.4, -0.2) is 55.8 Å². The third-order valence-corrected chi connectivity index (χ3v) is 4.34. The van der Waals surface area contributed by atoms with Gasteiger partial charge in [0, 0.05) is 19.6 Å². The van der Waals surface area contributed by atoms with E-state index >= 15 is 0 Å². The summed E-state index contributed by atoms with van der Waals surface area (Å²) >= 11 is 0. The highest BCUT2D eigenvalue weighted by Crippen LogP contribution is 2.36. The first-order valence-electron chi connectivity index (χ1n) is 8.29. The maximum Gasteiger partial charge on any atom is 0.251 e. The molecule has 0 aromatic carbocycles. The topological polar surface area (TPSA) is 35.5 Å². The molecule has 0 amide bonds.